The van der Waals surface area contributed by atoms with Crippen molar-refractivity contribution in [3.63, 3.8) is 0 Å². The second-order valence-corrected chi connectivity index (χ2v) is 6.57. The van der Waals surface area contributed by atoms with E-state index in [0.29, 0.717) is 28.2 Å². The highest BCUT2D eigenvalue weighted by molar-refractivity contribution is 5.88. The number of ether oxygens (including phenoxy) is 3. The lowest BCUT2D eigenvalue weighted by Gasteiger charge is -2.09. The zero-order valence-corrected chi connectivity index (χ0v) is 16.8. The van der Waals surface area contributed by atoms with Crippen LogP contribution in [-0.2, 0) is 16.1 Å². The first kappa shape index (κ1) is 20.2. The maximum absolute atomic E-state index is 12.2. The number of rotatable bonds is 6. The number of fused-ring (bicyclic) bond motifs is 1. The van der Waals surface area contributed by atoms with Gasteiger partial charge in [0.15, 0.2) is 0 Å². The van der Waals surface area contributed by atoms with Crippen molar-refractivity contribution in [3.8, 4) is 11.5 Å². The van der Waals surface area contributed by atoms with E-state index in [9.17, 15) is 9.59 Å². The number of benzene rings is 2. The van der Waals surface area contributed by atoms with Gasteiger partial charge in [0, 0.05) is 34.7 Å². The van der Waals surface area contributed by atoms with Crippen LogP contribution in [0.15, 0.2) is 51.7 Å². The molecule has 0 aliphatic carbocycles. The average Bonchev–Trinajstić information content (AvgIpc) is 2.71. The Morgan fingerprint density at radius 2 is 1.79 bits per heavy atom. The third kappa shape index (κ3) is 4.66. The molecule has 0 spiro atoms. The third-order valence-corrected chi connectivity index (χ3v) is 4.65. The number of aryl methyl sites for hydroxylation is 2. The van der Waals surface area contributed by atoms with Crippen LogP contribution in [0.3, 0.4) is 0 Å². The van der Waals surface area contributed by atoms with Gasteiger partial charge in [-0.1, -0.05) is 0 Å². The van der Waals surface area contributed by atoms with E-state index in [1.807, 2.05) is 26.0 Å². The summed E-state index contributed by atoms with van der Waals surface area (Å²) < 4.78 is 21.0. The molecule has 6 heteroatoms. The van der Waals surface area contributed by atoms with Crippen LogP contribution in [0.1, 0.15) is 22.3 Å². The first-order valence-corrected chi connectivity index (χ1v) is 9.02. The van der Waals surface area contributed by atoms with Gasteiger partial charge in [0.1, 0.15) is 23.7 Å². The Balaban J connectivity index is 1.77. The summed E-state index contributed by atoms with van der Waals surface area (Å²) in [7, 11) is 3.11. The summed E-state index contributed by atoms with van der Waals surface area (Å²) >= 11 is 0. The lowest BCUT2D eigenvalue weighted by molar-refractivity contribution is -0.138. The lowest BCUT2D eigenvalue weighted by atomic mass is 10.0. The van der Waals surface area contributed by atoms with E-state index in [4.69, 9.17) is 18.6 Å². The topological polar surface area (TPSA) is 75.0 Å². The van der Waals surface area contributed by atoms with E-state index >= 15 is 0 Å². The van der Waals surface area contributed by atoms with Gasteiger partial charge in [0.05, 0.1) is 14.2 Å². The second-order valence-electron chi connectivity index (χ2n) is 6.57. The Morgan fingerprint density at radius 3 is 2.52 bits per heavy atom. The van der Waals surface area contributed by atoms with Gasteiger partial charge in [-0.2, -0.15) is 0 Å². The smallest absolute Gasteiger partial charge is 0.336 e. The van der Waals surface area contributed by atoms with Crippen LogP contribution in [0.4, 0.5) is 0 Å². The molecular weight excluding hydrogens is 372 g/mol. The molecule has 3 aromatic rings. The summed E-state index contributed by atoms with van der Waals surface area (Å²) in [5.74, 6) is 0.695. The van der Waals surface area contributed by atoms with Crippen molar-refractivity contribution >= 4 is 23.0 Å². The quantitative estimate of drug-likeness (QED) is 0.355. The molecule has 2 aromatic carbocycles. The van der Waals surface area contributed by atoms with E-state index in [0.717, 1.165) is 16.5 Å². The first-order chi connectivity index (χ1) is 13.9. The van der Waals surface area contributed by atoms with Crippen molar-refractivity contribution in [2.45, 2.75) is 20.5 Å². The van der Waals surface area contributed by atoms with Gasteiger partial charge in [0.2, 0.25) is 0 Å². The minimum Gasteiger partial charge on any atom is -0.497 e. The van der Waals surface area contributed by atoms with Crippen molar-refractivity contribution in [1.82, 2.24) is 0 Å². The van der Waals surface area contributed by atoms with Crippen LogP contribution in [0.25, 0.3) is 17.0 Å². The lowest BCUT2D eigenvalue weighted by Crippen LogP contribution is -2.06. The van der Waals surface area contributed by atoms with Gasteiger partial charge < -0.3 is 18.6 Å². The maximum Gasteiger partial charge on any atom is 0.336 e. The molecule has 0 aliphatic heterocycles. The normalized spacial score (nSPS) is 11.0. The summed E-state index contributed by atoms with van der Waals surface area (Å²) in [6, 6.07) is 10.4. The van der Waals surface area contributed by atoms with Crippen LogP contribution in [0, 0.1) is 13.8 Å². The van der Waals surface area contributed by atoms with Crippen molar-refractivity contribution in [1.29, 1.82) is 0 Å². The van der Waals surface area contributed by atoms with Crippen molar-refractivity contribution in [2.75, 3.05) is 14.2 Å². The number of hydrogen-bond acceptors (Lipinski definition) is 6. The summed E-state index contributed by atoms with van der Waals surface area (Å²) in [5.41, 5.74) is 3.39. The minimum absolute atomic E-state index is 0.0342. The van der Waals surface area contributed by atoms with Gasteiger partial charge in [-0.05, 0) is 55.3 Å². The summed E-state index contributed by atoms with van der Waals surface area (Å²) in [4.78, 5) is 24.0. The highest BCUT2D eigenvalue weighted by Crippen LogP contribution is 2.26. The molecule has 0 saturated heterocycles. The van der Waals surface area contributed by atoms with Crippen molar-refractivity contribution < 1.29 is 23.4 Å². The molecule has 1 aromatic heterocycles. The number of methoxy groups -OCH3 is 2. The molecule has 29 heavy (non-hydrogen) atoms. The molecule has 0 radical (unpaired) electrons. The fourth-order valence-corrected chi connectivity index (χ4v) is 2.91. The van der Waals surface area contributed by atoms with Crippen LogP contribution in [-0.4, -0.2) is 20.2 Å². The van der Waals surface area contributed by atoms with E-state index in [-0.39, 0.29) is 6.61 Å². The first-order valence-electron chi connectivity index (χ1n) is 9.02. The summed E-state index contributed by atoms with van der Waals surface area (Å²) in [6.07, 6.45) is 2.92. The Kier molecular flexibility index (Phi) is 6.02. The van der Waals surface area contributed by atoms with E-state index in [1.54, 1.807) is 38.5 Å². The Labute approximate surface area is 168 Å². The summed E-state index contributed by atoms with van der Waals surface area (Å²) in [6.45, 7) is 3.88. The maximum atomic E-state index is 12.2. The largest absolute Gasteiger partial charge is 0.497 e. The van der Waals surface area contributed by atoms with Crippen LogP contribution in [0.5, 0.6) is 11.5 Å². The van der Waals surface area contributed by atoms with Gasteiger partial charge in [0.25, 0.3) is 0 Å². The summed E-state index contributed by atoms with van der Waals surface area (Å²) in [5, 5.41) is 0.751. The predicted octanol–water partition coefficient (Wildman–Crippen LogP) is 4.18. The number of carbonyl (C=O) groups is 1. The molecule has 0 N–H and O–H groups in total. The molecule has 150 valence electrons. The monoisotopic (exact) mass is 394 g/mol. The fourth-order valence-electron chi connectivity index (χ4n) is 2.91. The minimum atomic E-state index is -0.534. The molecule has 3 rings (SSSR count). The fraction of sp³-hybridized carbons (Fsp3) is 0.217. The van der Waals surface area contributed by atoms with Crippen LogP contribution < -0.4 is 15.1 Å². The highest BCUT2D eigenvalue weighted by atomic mass is 16.5. The predicted molar refractivity (Wildman–Crippen MR) is 110 cm³/mol. The molecule has 0 bridgehead atoms. The zero-order valence-electron chi connectivity index (χ0n) is 16.8. The van der Waals surface area contributed by atoms with Gasteiger partial charge in [-0.3, -0.25) is 0 Å². The number of carbonyl (C=O) groups excluding carboxylic acids is 1. The van der Waals surface area contributed by atoms with Gasteiger partial charge >= 0.3 is 11.6 Å². The Hall–Kier alpha value is -3.54. The SMILES string of the molecule is COc1ccc(/C=C/C(=O)OCc2cc(=O)oc3cc(C)c(C)cc23)c(OC)c1. The number of hydrogen-bond donors (Lipinski definition) is 0. The molecule has 0 atom stereocenters. The molecule has 6 nitrogen and oxygen atoms in total. The zero-order chi connectivity index (χ0) is 21.0. The molecule has 1 heterocycles. The van der Waals surface area contributed by atoms with Gasteiger partial charge in [-0.15, -0.1) is 0 Å². The third-order valence-electron chi connectivity index (χ3n) is 4.65. The number of esters is 1. The van der Waals surface area contributed by atoms with Crippen LogP contribution in [0.2, 0.25) is 0 Å². The highest BCUT2D eigenvalue weighted by Gasteiger charge is 2.10. The Bertz CT molecular complexity index is 1140. The molecule has 0 fully saturated rings. The molecular formula is C23H22O6. The molecule has 0 unspecified atom stereocenters. The Morgan fingerprint density at radius 1 is 1.03 bits per heavy atom. The van der Waals surface area contributed by atoms with E-state index < -0.39 is 11.6 Å². The molecule has 0 amide bonds. The molecule has 0 saturated carbocycles. The van der Waals surface area contributed by atoms with Gasteiger partial charge in [-0.25, -0.2) is 9.59 Å². The van der Waals surface area contributed by atoms with E-state index in [1.165, 1.54) is 12.1 Å². The second kappa shape index (κ2) is 8.65. The standard InChI is InChI=1S/C23H22O6/c1-14-9-19-17(11-23(25)29-21(19)10-15(14)2)13-28-22(24)8-6-16-5-7-18(26-3)12-20(16)27-4/h5-12H,13H2,1-4H3/b8-6+. The van der Waals surface area contributed by atoms with Crippen LogP contribution >= 0.6 is 0 Å². The molecule has 0 aliphatic rings. The van der Waals surface area contributed by atoms with Crippen molar-refractivity contribution in [3.05, 3.63) is 75.1 Å². The van der Waals surface area contributed by atoms with E-state index in [2.05, 4.69) is 0 Å². The average molecular weight is 394 g/mol. The van der Waals surface area contributed by atoms with Crippen molar-refractivity contribution in [2.24, 2.45) is 0 Å².